The third-order valence-corrected chi connectivity index (χ3v) is 8.54. The predicted octanol–water partition coefficient (Wildman–Crippen LogP) is 7.69. The normalized spacial score (nSPS) is 17.0. The Labute approximate surface area is 205 Å². The highest BCUT2D eigenvalue weighted by atomic mass is 32.1. The fourth-order valence-corrected chi connectivity index (χ4v) is 5.92. The van der Waals surface area contributed by atoms with Crippen molar-refractivity contribution in [2.24, 2.45) is 0 Å². The molecule has 1 aliphatic rings. The molecule has 34 heavy (non-hydrogen) atoms. The number of rotatable bonds is 3. The van der Waals surface area contributed by atoms with Gasteiger partial charge in [0.15, 0.2) is 0 Å². The summed E-state index contributed by atoms with van der Waals surface area (Å²) in [7, 11) is -0.361. The molecular formula is C30H27BO2S. The molecule has 0 amide bonds. The summed E-state index contributed by atoms with van der Waals surface area (Å²) in [5.41, 5.74) is 5.21. The topological polar surface area (TPSA) is 18.5 Å². The first-order valence-corrected chi connectivity index (χ1v) is 12.6. The number of hydrogen-bond donors (Lipinski definition) is 0. The molecule has 168 valence electrons. The Morgan fingerprint density at radius 1 is 0.618 bits per heavy atom. The van der Waals surface area contributed by atoms with Crippen molar-refractivity contribution in [2.45, 2.75) is 38.9 Å². The van der Waals surface area contributed by atoms with Gasteiger partial charge in [0.05, 0.1) is 11.2 Å². The van der Waals surface area contributed by atoms with E-state index in [1.807, 2.05) is 11.3 Å². The molecule has 4 heteroatoms. The fourth-order valence-electron chi connectivity index (χ4n) is 4.68. The van der Waals surface area contributed by atoms with Crippen LogP contribution < -0.4 is 5.46 Å². The lowest BCUT2D eigenvalue weighted by Crippen LogP contribution is -2.41. The van der Waals surface area contributed by atoms with Gasteiger partial charge in [-0.3, -0.25) is 0 Å². The summed E-state index contributed by atoms with van der Waals surface area (Å²) in [5.74, 6) is 0. The van der Waals surface area contributed by atoms with Crippen LogP contribution in [0.25, 0.3) is 42.4 Å². The number of thiophene rings is 1. The molecule has 0 unspecified atom stereocenters. The molecule has 0 atom stereocenters. The SMILES string of the molecule is CC1(C)OB(c2cccc(-c3cccc(-c4cccc5c4sc4ccccc45)c3)c2)OC1(C)C. The summed E-state index contributed by atoms with van der Waals surface area (Å²) in [4.78, 5) is 0. The van der Waals surface area contributed by atoms with Gasteiger partial charge in [0.25, 0.3) is 0 Å². The first-order valence-electron chi connectivity index (χ1n) is 11.8. The molecule has 4 aromatic carbocycles. The van der Waals surface area contributed by atoms with E-state index in [0.717, 1.165) is 11.0 Å². The van der Waals surface area contributed by atoms with Crippen LogP contribution in [0, 0.1) is 0 Å². The van der Waals surface area contributed by atoms with Gasteiger partial charge >= 0.3 is 7.12 Å². The molecule has 1 aliphatic heterocycles. The van der Waals surface area contributed by atoms with Gasteiger partial charge in [-0.1, -0.05) is 78.9 Å². The monoisotopic (exact) mass is 462 g/mol. The highest BCUT2D eigenvalue weighted by molar-refractivity contribution is 7.26. The van der Waals surface area contributed by atoms with Gasteiger partial charge in [-0.05, 0) is 67.5 Å². The number of fused-ring (bicyclic) bond motifs is 3. The van der Waals surface area contributed by atoms with Crippen molar-refractivity contribution in [2.75, 3.05) is 0 Å². The first kappa shape index (κ1) is 21.6. The van der Waals surface area contributed by atoms with Crippen molar-refractivity contribution < 1.29 is 9.31 Å². The lowest BCUT2D eigenvalue weighted by Gasteiger charge is -2.32. The minimum absolute atomic E-state index is 0.351. The van der Waals surface area contributed by atoms with E-state index in [1.54, 1.807) is 0 Å². The zero-order valence-corrected chi connectivity index (χ0v) is 20.8. The van der Waals surface area contributed by atoms with E-state index in [0.29, 0.717) is 0 Å². The van der Waals surface area contributed by atoms with E-state index in [2.05, 4.69) is 119 Å². The van der Waals surface area contributed by atoms with Crippen molar-refractivity contribution in [1.82, 2.24) is 0 Å². The maximum absolute atomic E-state index is 6.29. The summed E-state index contributed by atoms with van der Waals surface area (Å²) in [6, 6.07) is 32.7. The average Bonchev–Trinajstić information content (AvgIpc) is 3.32. The van der Waals surface area contributed by atoms with Crippen LogP contribution in [0.4, 0.5) is 0 Å². The van der Waals surface area contributed by atoms with Crippen LogP contribution in [-0.2, 0) is 9.31 Å². The molecule has 0 bridgehead atoms. The van der Waals surface area contributed by atoms with E-state index < -0.39 is 0 Å². The molecule has 2 heterocycles. The molecule has 0 aliphatic carbocycles. The van der Waals surface area contributed by atoms with Gasteiger partial charge in [-0.25, -0.2) is 0 Å². The van der Waals surface area contributed by atoms with Crippen LogP contribution >= 0.6 is 11.3 Å². The summed E-state index contributed by atoms with van der Waals surface area (Å²) in [6.07, 6.45) is 0. The number of hydrogen-bond acceptors (Lipinski definition) is 3. The van der Waals surface area contributed by atoms with Crippen LogP contribution in [-0.4, -0.2) is 18.3 Å². The van der Waals surface area contributed by atoms with Crippen LogP contribution in [0.3, 0.4) is 0 Å². The van der Waals surface area contributed by atoms with Crippen LogP contribution in [0.5, 0.6) is 0 Å². The predicted molar refractivity (Wildman–Crippen MR) is 146 cm³/mol. The Morgan fingerprint density at radius 3 is 2.03 bits per heavy atom. The third kappa shape index (κ3) is 3.49. The Kier molecular flexibility index (Phi) is 4.96. The van der Waals surface area contributed by atoms with Crippen molar-refractivity contribution >= 4 is 44.1 Å². The van der Waals surface area contributed by atoms with E-state index in [9.17, 15) is 0 Å². The molecule has 0 saturated carbocycles. The lowest BCUT2D eigenvalue weighted by molar-refractivity contribution is 0.00578. The van der Waals surface area contributed by atoms with Crippen molar-refractivity contribution in [1.29, 1.82) is 0 Å². The van der Waals surface area contributed by atoms with E-state index in [1.165, 1.54) is 36.9 Å². The Balaban J connectivity index is 1.40. The Bertz CT molecular complexity index is 1520. The second kappa shape index (κ2) is 7.81. The summed E-state index contributed by atoms with van der Waals surface area (Å²) >= 11 is 1.87. The van der Waals surface area contributed by atoms with Crippen molar-refractivity contribution in [3.8, 4) is 22.3 Å². The van der Waals surface area contributed by atoms with Crippen LogP contribution in [0.1, 0.15) is 27.7 Å². The van der Waals surface area contributed by atoms with Gasteiger partial charge in [-0.15, -0.1) is 11.3 Å². The van der Waals surface area contributed by atoms with E-state index >= 15 is 0 Å². The lowest BCUT2D eigenvalue weighted by atomic mass is 9.78. The molecule has 5 aromatic rings. The molecular weight excluding hydrogens is 435 g/mol. The van der Waals surface area contributed by atoms with Crippen molar-refractivity contribution in [3.05, 3.63) is 91.0 Å². The third-order valence-electron chi connectivity index (χ3n) is 7.32. The number of benzene rings is 4. The van der Waals surface area contributed by atoms with Gasteiger partial charge in [-0.2, -0.15) is 0 Å². The van der Waals surface area contributed by atoms with Gasteiger partial charge < -0.3 is 9.31 Å². The van der Waals surface area contributed by atoms with Gasteiger partial charge in [0, 0.05) is 20.2 Å². The highest BCUT2D eigenvalue weighted by Gasteiger charge is 2.51. The smallest absolute Gasteiger partial charge is 0.399 e. The molecule has 1 saturated heterocycles. The largest absolute Gasteiger partial charge is 0.494 e. The fraction of sp³-hybridized carbons (Fsp3) is 0.200. The summed E-state index contributed by atoms with van der Waals surface area (Å²) in [5, 5.41) is 2.65. The minimum atomic E-state index is -0.361. The van der Waals surface area contributed by atoms with Crippen LogP contribution in [0.2, 0.25) is 0 Å². The van der Waals surface area contributed by atoms with E-state index in [4.69, 9.17) is 9.31 Å². The van der Waals surface area contributed by atoms with Gasteiger partial charge in [0.1, 0.15) is 0 Å². The molecule has 2 nitrogen and oxygen atoms in total. The average molecular weight is 462 g/mol. The van der Waals surface area contributed by atoms with E-state index in [-0.39, 0.29) is 18.3 Å². The highest BCUT2D eigenvalue weighted by Crippen LogP contribution is 2.40. The summed E-state index contributed by atoms with van der Waals surface area (Å²) < 4.78 is 15.2. The van der Waals surface area contributed by atoms with Crippen LogP contribution in [0.15, 0.2) is 91.0 Å². The second-order valence-electron chi connectivity index (χ2n) is 10.1. The standard InChI is InChI=1S/C30H27BO2S/c1-29(2)30(3,4)33-31(32-29)23-13-8-11-21(19-23)20-10-7-12-22(18-20)24-15-9-16-26-25-14-5-6-17-27(25)34-28(24)26/h5-19H,1-4H3. The zero-order chi connectivity index (χ0) is 23.5. The second-order valence-corrected chi connectivity index (χ2v) is 11.1. The molecule has 0 spiro atoms. The molecule has 6 rings (SSSR count). The summed E-state index contributed by atoms with van der Waals surface area (Å²) in [6.45, 7) is 8.37. The zero-order valence-electron chi connectivity index (χ0n) is 20.0. The quantitative estimate of drug-likeness (QED) is 0.256. The maximum atomic E-state index is 6.29. The Hall–Kier alpha value is -2.92. The first-order chi connectivity index (χ1) is 16.3. The molecule has 0 N–H and O–H groups in total. The molecule has 0 radical (unpaired) electrons. The van der Waals surface area contributed by atoms with Gasteiger partial charge in [0.2, 0.25) is 0 Å². The minimum Gasteiger partial charge on any atom is -0.399 e. The van der Waals surface area contributed by atoms with Crippen molar-refractivity contribution in [3.63, 3.8) is 0 Å². The molecule has 1 aromatic heterocycles. The maximum Gasteiger partial charge on any atom is 0.494 e. The molecule has 1 fully saturated rings. The Morgan fingerprint density at radius 2 is 1.24 bits per heavy atom.